The van der Waals surface area contributed by atoms with Crippen LogP contribution in [0.3, 0.4) is 0 Å². The highest BCUT2D eigenvalue weighted by Crippen LogP contribution is 2.28. The molecule has 0 amide bonds. The van der Waals surface area contributed by atoms with Gasteiger partial charge in [0.05, 0.1) is 28.2 Å². The minimum Gasteiger partial charge on any atom is -0.478 e. The number of hydrogen-bond acceptors (Lipinski definition) is 5. The number of thiazole rings is 1. The molecule has 6 nitrogen and oxygen atoms in total. The van der Waals surface area contributed by atoms with E-state index in [2.05, 4.69) is 15.1 Å². The minimum atomic E-state index is -1.10. The Bertz CT molecular complexity index is 798. The number of halogens is 1. The van der Waals surface area contributed by atoms with Gasteiger partial charge in [0.1, 0.15) is 5.01 Å². The van der Waals surface area contributed by atoms with Crippen molar-refractivity contribution >= 4 is 39.9 Å². The molecule has 0 saturated carbocycles. The average molecular weight is 309 g/mol. The first-order valence-electron chi connectivity index (χ1n) is 5.71. The molecule has 0 aromatic carbocycles. The monoisotopic (exact) mass is 308 g/mol. The smallest absolute Gasteiger partial charge is 0.338 e. The van der Waals surface area contributed by atoms with Crippen molar-refractivity contribution in [3.63, 3.8) is 0 Å². The van der Waals surface area contributed by atoms with E-state index in [1.165, 1.54) is 17.5 Å². The second kappa shape index (κ2) is 4.84. The number of aryl methyl sites for hydroxylation is 1. The first-order valence-corrected chi connectivity index (χ1v) is 6.97. The minimum absolute atomic E-state index is 0.0175. The van der Waals surface area contributed by atoms with E-state index in [0.717, 1.165) is 5.01 Å². The van der Waals surface area contributed by atoms with E-state index in [9.17, 15) is 4.79 Å². The van der Waals surface area contributed by atoms with E-state index in [4.69, 9.17) is 16.7 Å². The molecule has 0 saturated heterocycles. The molecule has 0 atom stereocenters. The van der Waals surface area contributed by atoms with Crippen molar-refractivity contribution in [2.45, 2.75) is 13.5 Å². The van der Waals surface area contributed by atoms with Crippen molar-refractivity contribution in [3.05, 3.63) is 39.1 Å². The van der Waals surface area contributed by atoms with E-state index in [1.54, 1.807) is 17.8 Å². The molecule has 3 rings (SSSR count). The van der Waals surface area contributed by atoms with Crippen LogP contribution in [0.1, 0.15) is 21.1 Å². The third-order valence-electron chi connectivity index (χ3n) is 2.87. The van der Waals surface area contributed by atoms with Crippen molar-refractivity contribution in [2.24, 2.45) is 0 Å². The highest BCUT2D eigenvalue weighted by molar-refractivity contribution is 7.09. The summed E-state index contributed by atoms with van der Waals surface area (Å²) in [6.45, 7) is 2.26. The summed E-state index contributed by atoms with van der Waals surface area (Å²) in [6.07, 6.45) is 2.98. The number of carboxylic acid groups (broad SMARTS) is 1. The highest BCUT2D eigenvalue weighted by atomic mass is 35.5. The van der Waals surface area contributed by atoms with Gasteiger partial charge in [0, 0.05) is 17.8 Å². The summed E-state index contributed by atoms with van der Waals surface area (Å²) < 4.78 is 1.68. The van der Waals surface area contributed by atoms with Crippen molar-refractivity contribution in [1.29, 1.82) is 0 Å². The Kier molecular flexibility index (Phi) is 3.15. The second-order valence-corrected chi connectivity index (χ2v) is 5.52. The fourth-order valence-corrected chi connectivity index (χ4v) is 2.94. The van der Waals surface area contributed by atoms with Crippen LogP contribution in [0.4, 0.5) is 0 Å². The molecular formula is C12H9ClN4O2S. The molecule has 0 radical (unpaired) electrons. The highest BCUT2D eigenvalue weighted by Gasteiger charge is 2.19. The maximum Gasteiger partial charge on any atom is 0.338 e. The second-order valence-electron chi connectivity index (χ2n) is 4.16. The van der Waals surface area contributed by atoms with Gasteiger partial charge >= 0.3 is 5.97 Å². The van der Waals surface area contributed by atoms with Crippen LogP contribution in [0.15, 0.2) is 17.8 Å². The molecule has 1 N–H and O–H groups in total. The van der Waals surface area contributed by atoms with Crippen LogP contribution in [0.2, 0.25) is 5.02 Å². The molecule has 102 valence electrons. The quantitative estimate of drug-likeness (QED) is 0.804. The molecule has 0 bridgehead atoms. The van der Waals surface area contributed by atoms with Gasteiger partial charge in [-0.1, -0.05) is 11.6 Å². The largest absolute Gasteiger partial charge is 0.478 e. The van der Waals surface area contributed by atoms with Crippen LogP contribution in [0.25, 0.3) is 11.0 Å². The molecule has 20 heavy (non-hydrogen) atoms. The van der Waals surface area contributed by atoms with Gasteiger partial charge in [0.15, 0.2) is 5.65 Å². The molecule has 3 aromatic heterocycles. The molecule has 0 aliphatic carbocycles. The number of aromatic carboxylic acids is 1. The van der Waals surface area contributed by atoms with Crippen LogP contribution in [-0.2, 0) is 6.54 Å². The lowest BCUT2D eigenvalue weighted by Gasteiger charge is -2.02. The lowest BCUT2D eigenvalue weighted by atomic mass is 10.2. The Labute approximate surface area is 122 Å². The number of hydrogen-bond donors (Lipinski definition) is 1. The number of carbonyl (C=O) groups is 1. The predicted molar refractivity (Wildman–Crippen MR) is 75.5 cm³/mol. The Hall–Kier alpha value is -1.99. The van der Waals surface area contributed by atoms with Crippen LogP contribution < -0.4 is 0 Å². The third-order valence-corrected chi connectivity index (χ3v) is 4.03. The number of pyridine rings is 1. The molecule has 3 heterocycles. The summed E-state index contributed by atoms with van der Waals surface area (Å²) >= 11 is 7.67. The van der Waals surface area contributed by atoms with E-state index in [0.29, 0.717) is 23.3 Å². The molecule has 0 aliphatic heterocycles. The number of carboxylic acids is 1. The van der Waals surface area contributed by atoms with Crippen molar-refractivity contribution in [3.8, 4) is 0 Å². The topological polar surface area (TPSA) is 80.9 Å². The van der Waals surface area contributed by atoms with Crippen molar-refractivity contribution < 1.29 is 9.90 Å². The Morgan fingerprint density at radius 3 is 2.95 bits per heavy atom. The van der Waals surface area contributed by atoms with E-state index in [-0.39, 0.29) is 10.6 Å². The summed E-state index contributed by atoms with van der Waals surface area (Å²) in [5.41, 5.74) is 1.20. The molecular weight excluding hydrogens is 300 g/mol. The maximum absolute atomic E-state index is 11.1. The molecule has 0 spiro atoms. The van der Waals surface area contributed by atoms with Crippen molar-refractivity contribution in [2.75, 3.05) is 0 Å². The first-order chi connectivity index (χ1) is 9.58. The average Bonchev–Trinajstić information content (AvgIpc) is 2.99. The van der Waals surface area contributed by atoms with Gasteiger partial charge in [0.25, 0.3) is 0 Å². The van der Waals surface area contributed by atoms with Gasteiger partial charge in [0.2, 0.25) is 0 Å². The Morgan fingerprint density at radius 1 is 1.50 bits per heavy atom. The third kappa shape index (κ3) is 2.04. The lowest BCUT2D eigenvalue weighted by molar-refractivity contribution is 0.0697. The molecule has 8 heteroatoms. The zero-order valence-electron chi connectivity index (χ0n) is 10.4. The van der Waals surface area contributed by atoms with Gasteiger partial charge in [-0.05, 0) is 6.92 Å². The van der Waals surface area contributed by atoms with E-state index >= 15 is 0 Å². The fourth-order valence-electron chi connectivity index (χ4n) is 1.99. The van der Waals surface area contributed by atoms with Crippen LogP contribution >= 0.6 is 22.9 Å². The maximum atomic E-state index is 11.1. The van der Waals surface area contributed by atoms with Gasteiger partial charge in [-0.25, -0.2) is 19.4 Å². The summed E-state index contributed by atoms with van der Waals surface area (Å²) in [7, 11) is 0. The predicted octanol–water partition coefficient (Wildman–Crippen LogP) is 2.60. The van der Waals surface area contributed by atoms with Gasteiger partial charge < -0.3 is 5.11 Å². The van der Waals surface area contributed by atoms with Crippen LogP contribution in [0, 0.1) is 6.92 Å². The number of rotatable bonds is 3. The molecule has 0 fully saturated rings. The van der Waals surface area contributed by atoms with Crippen molar-refractivity contribution in [1.82, 2.24) is 19.7 Å². The van der Waals surface area contributed by atoms with Gasteiger partial charge in [-0.15, -0.1) is 11.3 Å². The summed E-state index contributed by atoms with van der Waals surface area (Å²) in [4.78, 5) is 19.5. The number of aromatic nitrogens is 4. The Morgan fingerprint density at radius 2 is 2.30 bits per heavy atom. The molecule has 0 unspecified atom stereocenters. The normalized spacial score (nSPS) is 11.1. The van der Waals surface area contributed by atoms with Gasteiger partial charge in [-0.3, -0.25) is 0 Å². The van der Waals surface area contributed by atoms with Crippen LogP contribution in [0.5, 0.6) is 0 Å². The molecule has 3 aromatic rings. The summed E-state index contributed by atoms with van der Waals surface area (Å²) in [6, 6.07) is 0. The summed E-state index contributed by atoms with van der Waals surface area (Å²) in [5.74, 6) is -1.10. The number of fused-ring (bicyclic) bond motifs is 1. The lowest BCUT2D eigenvalue weighted by Crippen LogP contribution is -2.04. The SMILES string of the molecule is Cc1nn(Cc2nccs2)c2ncc(C(=O)O)c(Cl)c12. The zero-order chi connectivity index (χ0) is 14.3. The summed E-state index contributed by atoms with van der Waals surface area (Å²) in [5, 5.41) is 17.0. The molecule has 0 aliphatic rings. The first kappa shape index (κ1) is 13.0. The van der Waals surface area contributed by atoms with E-state index < -0.39 is 5.97 Å². The number of nitrogens with zero attached hydrogens (tertiary/aromatic N) is 4. The van der Waals surface area contributed by atoms with Gasteiger partial charge in [-0.2, -0.15) is 5.10 Å². The zero-order valence-corrected chi connectivity index (χ0v) is 11.9. The van der Waals surface area contributed by atoms with Crippen LogP contribution in [-0.4, -0.2) is 30.8 Å². The standard InChI is InChI=1S/C12H9ClN4O2S/c1-6-9-10(13)7(12(18)19)4-15-11(9)17(16-6)5-8-14-2-3-20-8/h2-4H,5H2,1H3,(H,18,19). The Balaban J connectivity index is 2.17. The van der Waals surface area contributed by atoms with E-state index in [1.807, 2.05) is 5.38 Å². The fraction of sp³-hybridized carbons (Fsp3) is 0.167.